The number of rotatable bonds is 7. The number of nitrogens with two attached hydrogens (primary N) is 1. The summed E-state index contributed by atoms with van der Waals surface area (Å²) in [6.07, 6.45) is 1.02. The van der Waals surface area contributed by atoms with Crippen molar-refractivity contribution >= 4 is 5.97 Å². The molecule has 0 aromatic heterocycles. The lowest BCUT2D eigenvalue weighted by atomic mass is 10.2. The van der Waals surface area contributed by atoms with E-state index < -0.39 is 0 Å². The fraction of sp³-hybridized carbons (Fsp3) is 0.462. The molecule has 1 atom stereocenters. The molecule has 0 bridgehead atoms. The second-order valence-corrected chi connectivity index (χ2v) is 3.90. The summed E-state index contributed by atoms with van der Waals surface area (Å²) in [5, 5.41) is 0. The predicted molar refractivity (Wildman–Crippen MR) is 65.8 cm³/mol. The zero-order valence-corrected chi connectivity index (χ0v) is 10.1. The Balaban J connectivity index is 2.06. The lowest BCUT2D eigenvalue weighted by Crippen LogP contribution is -2.18. The molecule has 0 radical (unpaired) electrons. The van der Waals surface area contributed by atoms with E-state index in [1.165, 1.54) is 0 Å². The summed E-state index contributed by atoms with van der Waals surface area (Å²) in [6.45, 7) is 2.51. The van der Waals surface area contributed by atoms with Gasteiger partial charge in [-0.2, -0.15) is 0 Å². The van der Waals surface area contributed by atoms with Crippen molar-refractivity contribution in [3.63, 3.8) is 0 Å². The van der Waals surface area contributed by atoms with Crippen molar-refractivity contribution in [1.82, 2.24) is 0 Å². The van der Waals surface area contributed by atoms with Crippen molar-refractivity contribution in [2.45, 2.75) is 25.8 Å². The van der Waals surface area contributed by atoms with Gasteiger partial charge in [0.05, 0.1) is 0 Å². The molecule has 0 saturated heterocycles. The molecule has 0 aliphatic carbocycles. The van der Waals surface area contributed by atoms with Gasteiger partial charge in [0.2, 0.25) is 0 Å². The first-order chi connectivity index (χ1) is 8.18. The normalized spacial score (nSPS) is 11.9. The van der Waals surface area contributed by atoms with Crippen molar-refractivity contribution in [2.75, 3.05) is 13.2 Å². The van der Waals surface area contributed by atoms with E-state index in [0.717, 1.165) is 5.75 Å². The lowest BCUT2D eigenvalue weighted by Gasteiger charge is -2.08. The molecule has 0 heterocycles. The Kier molecular flexibility index (Phi) is 6.10. The van der Waals surface area contributed by atoms with Crippen LogP contribution in [-0.2, 0) is 9.53 Å². The van der Waals surface area contributed by atoms with Gasteiger partial charge in [0.25, 0.3) is 0 Å². The average Bonchev–Trinajstić information content (AvgIpc) is 2.33. The maximum Gasteiger partial charge on any atom is 0.305 e. The third kappa shape index (κ3) is 6.58. The number of ether oxygens (including phenoxy) is 2. The number of hydrogen-bond acceptors (Lipinski definition) is 4. The first-order valence-electron chi connectivity index (χ1n) is 5.77. The number of benzene rings is 1. The number of carbonyl (C=O) groups excluding carboxylic acids is 1. The van der Waals surface area contributed by atoms with Crippen molar-refractivity contribution in [3.8, 4) is 5.75 Å². The summed E-state index contributed by atoms with van der Waals surface area (Å²) >= 11 is 0. The van der Waals surface area contributed by atoms with E-state index in [0.29, 0.717) is 19.4 Å². The molecule has 0 saturated carbocycles. The Morgan fingerprint density at radius 1 is 1.29 bits per heavy atom. The van der Waals surface area contributed by atoms with Crippen molar-refractivity contribution in [1.29, 1.82) is 0 Å². The first-order valence-corrected chi connectivity index (χ1v) is 5.77. The van der Waals surface area contributed by atoms with E-state index in [-0.39, 0.29) is 18.6 Å². The molecule has 1 aromatic rings. The Labute approximate surface area is 102 Å². The van der Waals surface area contributed by atoms with E-state index in [9.17, 15) is 4.79 Å². The quantitative estimate of drug-likeness (QED) is 0.579. The SMILES string of the molecule is CC(N)CCC(=O)OCCOc1ccccc1. The molecule has 1 rings (SSSR count). The summed E-state index contributed by atoms with van der Waals surface area (Å²) in [5.74, 6) is 0.554. The molecule has 0 spiro atoms. The minimum absolute atomic E-state index is 0.0307. The summed E-state index contributed by atoms with van der Waals surface area (Å²) in [4.78, 5) is 11.2. The third-order valence-electron chi connectivity index (χ3n) is 2.16. The molecule has 0 aliphatic rings. The number of esters is 1. The highest BCUT2D eigenvalue weighted by atomic mass is 16.6. The molecular formula is C13H19NO3. The maximum atomic E-state index is 11.2. The van der Waals surface area contributed by atoms with Crippen molar-refractivity contribution in [3.05, 3.63) is 30.3 Å². The second-order valence-electron chi connectivity index (χ2n) is 3.90. The van der Waals surface area contributed by atoms with Gasteiger partial charge in [0, 0.05) is 12.5 Å². The highest BCUT2D eigenvalue weighted by Crippen LogP contribution is 2.07. The van der Waals surface area contributed by atoms with Crippen LogP contribution < -0.4 is 10.5 Å². The molecule has 0 amide bonds. The minimum Gasteiger partial charge on any atom is -0.490 e. The Morgan fingerprint density at radius 2 is 2.00 bits per heavy atom. The molecule has 17 heavy (non-hydrogen) atoms. The van der Waals surface area contributed by atoms with Crippen LogP contribution in [0.4, 0.5) is 0 Å². The van der Waals surface area contributed by atoms with Gasteiger partial charge in [0.1, 0.15) is 19.0 Å². The zero-order chi connectivity index (χ0) is 12.5. The monoisotopic (exact) mass is 237 g/mol. The Bertz CT molecular complexity index is 325. The molecule has 2 N–H and O–H groups in total. The van der Waals surface area contributed by atoms with Crippen LogP contribution in [0, 0.1) is 0 Å². The lowest BCUT2D eigenvalue weighted by molar-refractivity contribution is -0.144. The Hall–Kier alpha value is -1.55. The number of carbonyl (C=O) groups is 1. The van der Waals surface area contributed by atoms with E-state index in [1.807, 2.05) is 37.3 Å². The summed E-state index contributed by atoms with van der Waals surface area (Å²) in [7, 11) is 0. The molecule has 1 unspecified atom stereocenters. The molecule has 0 fully saturated rings. The summed E-state index contributed by atoms with van der Waals surface area (Å²) < 4.78 is 10.4. The molecular weight excluding hydrogens is 218 g/mol. The second kappa shape index (κ2) is 7.68. The molecule has 0 aliphatic heterocycles. The molecule has 1 aromatic carbocycles. The fourth-order valence-electron chi connectivity index (χ4n) is 1.25. The van der Waals surface area contributed by atoms with Crippen LogP contribution >= 0.6 is 0 Å². The van der Waals surface area contributed by atoms with Gasteiger partial charge >= 0.3 is 5.97 Å². The average molecular weight is 237 g/mol. The number of para-hydroxylation sites is 1. The van der Waals surface area contributed by atoms with Gasteiger partial charge < -0.3 is 15.2 Å². The van der Waals surface area contributed by atoms with Crippen LogP contribution in [0.15, 0.2) is 30.3 Å². The topological polar surface area (TPSA) is 61.6 Å². The van der Waals surface area contributed by atoms with E-state index in [1.54, 1.807) is 0 Å². The van der Waals surface area contributed by atoms with Crippen LogP contribution in [0.1, 0.15) is 19.8 Å². The predicted octanol–water partition coefficient (Wildman–Crippen LogP) is 1.74. The van der Waals surface area contributed by atoms with Crippen LogP contribution in [0.3, 0.4) is 0 Å². The van der Waals surface area contributed by atoms with Crippen LogP contribution in [0.2, 0.25) is 0 Å². The van der Waals surface area contributed by atoms with Gasteiger partial charge in [-0.3, -0.25) is 4.79 Å². The van der Waals surface area contributed by atoms with Crippen LogP contribution in [-0.4, -0.2) is 25.2 Å². The van der Waals surface area contributed by atoms with Crippen molar-refractivity contribution in [2.24, 2.45) is 5.73 Å². The molecule has 4 nitrogen and oxygen atoms in total. The van der Waals surface area contributed by atoms with Gasteiger partial charge in [0.15, 0.2) is 0 Å². The zero-order valence-electron chi connectivity index (χ0n) is 10.1. The smallest absolute Gasteiger partial charge is 0.305 e. The standard InChI is InChI=1S/C13H19NO3/c1-11(14)7-8-13(15)17-10-9-16-12-5-3-2-4-6-12/h2-6,11H,7-10,14H2,1H3. The Morgan fingerprint density at radius 3 is 2.65 bits per heavy atom. The van der Waals surface area contributed by atoms with E-state index >= 15 is 0 Å². The largest absolute Gasteiger partial charge is 0.490 e. The fourth-order valence-corrected chi connectivity index (χ4v) is 1.25. The van der Waals surface area contributed by atoms with E-state index in [2.05, 4.69) is 0 Å². The summed E-state index contributed by atoms with van der Waals surface area (Å²) in [6, 6.07) is 9.45. The number of hydrogen-bond donors (Lipinski definition) is 1. The van der Waals surface area contributed by atoms with Crippen LogP contribution in [0.5, 0.6) is 5.75 Å². The van der Waals surface area contributed by atoms with Gasteiger partial charge in [-0.15, -0.1) is 0 Å². The first kappa shape index (κ1) is 13.5. The minimum atomic E-state index is -0.223. The van der Waals surface area contributed by atoms with Crippen LogP contribution in [0.25, 0.3) is 0 Å². The third-order valence-corrected chi connectivity index (χ3v) is 2.16. The van der Waals surface area contributed by atoms with Gasteiger partial charge in [-0.05, 0) is 25.5 Å². The van der Waals surface area contributed by atoms with Crippen molar-refractivity contribution < 1.29 is 14.3 Å². The van der Waals surface area contributed by atoms with Gasteiger partial charge in [-0.1, -0.05) is 18.2 Å². The maximum absolute atomic E-state index is 11.2. The molecule has 4 heteroatoms. The molecule has 94 valence electrons. The van der Waals surface area contributed by atoms with Gasteiger partial charge in [-0.25, -0.2) is 0 Å². The van der Waals surface area contributed by atoms with E-state index in [4.69, 9.17) is 15.2 Å². The highest BCUT2D eigenvalue weighted by Gasteiger charge is 2.04. The summed E-state index contributed by atoms with van der Waals surface area (Å²) in [5.41, 5.74) is 5.54. The highest BCUT2D eigenvalue weighted by molar-refractivity contribution is 5.69.